The highest BCUT2D eigenvalue weighted by Crippen LogP contribution is 2.30. The molecule has 6 heteroatoms. The summed E-state index contributed by atoms with van der Waals surface area (Å²) in [5, 5.41) is 18.2. The molecule has 0 aliphatic carbocycles. The van der Waals surface area contributed by atoms with Gasteiger partial charge in [0.15, 0.2) is 0 Å². The van der Waals surface area contributed by atoms with E-state index in [0.29, 0.717) is 47.9 Å². The van der Waals surface area contributed by atoms with Crippen LogP contribution in [-0.4, -0.2) is 54.0 Å². The Bertz CT molecular complexity index is 763. The van der Waals surface area contributed by atoms with E-state index in [9.17, 15) is 10.1 Å². The molecule has 2 heterocycles. The van der Waals surface area contributed by atoms with Crippen molar-refractivity contribution in [2.75, 3.05) is 26.2 Å². The number of hydrogen-bond donors (Lipinski definition) is 0. The largest absolute Gasteiger partial charge is 0.491 e. The van der Waals surface area contributed by atoms with Crippen molar-refractivity contribution in [1.29, 1.82) is 10.5 Å². The third-order valence-corrected chi connectivity index (χ3v) is 5.41. The van der Waals surface area contributed by atoms with Crippen molar-refractivity contribution in [3.8, 4) is 17.9 Å². The van der Waals surface area contributed by atoms with Gasteiger partial charge in [0, 0.05) is 38.1 Å². The molecule has 0 N–H and O–H groups in total. The highest BCUT2D eigenvalue weighted by atomic mass is 16.5. The number of nitriles is 2. The molecular weight excluding hydrogens is 340 g/mol. The second kappa shape index (κ2) is 8.41. The van der Waals surface area contributed by atoms with Crippen LogP contribution in [0.1, 0.15) is 44.2 Å². The maximum Gasteiger partial charge on any atom is 0.222 e. The number of amides is 1. The number of nitrogens with zero attached hydrogens (tertiary/aromatic N) is 4. The van der Waals surface area contributed by atoms with Gasteiger partial charge in [-0.2, -0.15) is 10.5 Å². The van der Waals surface area contributed by atoms with Crippen molar-refractivity contribution in [3.05, 3.63) is 29.3 Å². The maximum atomic E-state index is 12.4. The molecule has 2 saturated heterocycles. The molecular formula is C21H26N4O2. The van der Waals surface area contributed by atoms with Crippen molar-refractivity contribution in [1.82, 2.24) is 9.80 Å². The topological polar surface area (TPSA) is 80.4 Å². The Hall–Kier alpha value is -2.57. The van der Waals surface area contributed by atoms with Crippen molar-refractivity contribution in [2.24, 2.45) is 5.92 Å². The van der Waals surface area contributed by atoms with E-state index in [2.05, 4.69) is 24.8 Å². The summed E-state index contributed by atoms with van der Waals surface area (Å²) >= 11 is 0. The number of fused-ring (bicyclic) bond motifs is 2. The Morgan fingerprint density at radius 1 is 1.22 bits per heavy atom. The van der Waals surface area contributed by atoms with Crippen LogP contribution in [0.25, 0.3) is 0 Å². The number of likely N-dealkylation sites (tertiary alicyclic amines) is 1. The molecule has 2 aliphatic rings. The van der Waals surface area contributed by atoms with Gasteiger partial charge < -0.3 is 9.64 Å². The van der Waals surface area contributed by atoms with Gasteiger partial charge in [-0.3, -0.25) is 9.69 Å². The molecule has 2 atom stereocenters. The molecule has 2 bridgehead atoms. The lowest BCUT2D eigenvalue weighted by Crippen LogP contribution is -2.56. The van der Waals surface area contributed by atoms with E-state index >= 15 is 0 Å². The van der Waals surface area contributed by atoms with Gasteiger partial charge in [0.25, 0.3) is 0 Å². The molecule has 3 rings (SSSR count). The van der Waals surface area contributed by atoms with Gasteiger partial charge in [-0.1, -0.05) is 13.8 Å². The first-order valence-electron chi connectivity index (χ1n) is 9.62. The number of carbonyl (C=O) groups is 1. The van der Waals surface area contributed by atoms with Gasteiger partial charge in [0.1, 0.15) is 18.4 Å². The molecule has 2 unspecified atom stereocenters. The number of hydrogen-bond acceptors (Lipinski definition) is 5. The Balaban J connectivity index is 1.54. The van der Waals surface area contributed by atoms with E-state index in [1.54, 1.807) is 18.2 Å². The highest BCUT2D eigenvalue weighted by molar-refractivity contribution is 5.76. The minimum Gasteiger partial charge on any atom is -0.491 e. The van der Waals surface area contributed by atoms with Gasteiger partial charge in [-0.05, 0) is 37.0 Å². The van der Waals surface area contributed by atoms with Crippen LogP contribution >= 0.6 is 0 Å². The van der Waals surface area contributed by atoms with Crippen LogP contribution in [0.4, 0.5) is 0 Å². The average molecular weight is 366 g/mol. The van der Waals surface area contributed by atoms with E-state index in [0.717, 1.165) is 32.5 Å². The number of rotatable bonds is 6. The minimum atomic E-state index is 0.272. The molecule has 0 saturated carbocycles. The van der Waals surface area contributed by atoms with Crippen LogP contribution < -0.4 is 4.74 Å². The van der Waals surface area contributed by atoms with E-state index in [1.165, 1.54) is 0 Å². The third kappa shape index (κ3) is 4.40. The van der Waals surface area contributed by atoms with Crippen molar-refractivity contribution >= 4 is 5.91 Å². The maximum absolute atomic E-state index is 12.4. The van der Waals surface area contributed by atoms with Crippen LogP contribution in [0, 0.1) is 28.6 Å². The summed E-state index contributed by atoms with van der Waals surface area (Å²) in [5.41, 5.74) is 0.847. The quantitative estimate of drug-likeness (QED) is 0.773. The Kier molecular flexibility index (Phi) is 5.98. The first-order chi connectivity index (χ1) is 13.0. The number of ether oxygens (including phenoxy) is 1. The van der Waals surface area contributed by atoms with Crippen LogP contribution in [0.3, 0.4) is 0 Å². The molecule has 6 nitrogen and oxygen atoms in total. The number of carbonyl (C=O) groups excluding carboxylic acids is 1. The lowest BCUT2D eigenvalue weighted by atomic mass is 10.1. The zero-order chi connectivity index (χ0) is 19.4. The summed E-state index contributed by atoms with van der Waals surface area (Å²) in [6, 6.07) is 9.84. The van der Waals surface area contributed by atoms with Gasteiger partial charge in [0.2, 0.25) is 5.91 Å². The first-order valence-corrected chi connectivity index (χ1v) is 9.62. The van der Waals surface area contributed by atoms with Gasteiger partial charge in [-0.25, -0.2) is 0 Å². The lowest BCUT2D eigenvalue weighted by Gasteiger charge is -2.41. The molecule has 27 heavy (non-hydrogen) atoms. The van der Waals surface area contributed by atoms with E-state index in [1.807, 2.05) is 11.0 Å². The zero-order valence-electron chi connectivity index (χ0n) is 16.0. The van der Waals surface area contributed by atoms with Gasteiger partial charge in [-0.15, -0.1) is 0 Å². The summed E-state index contributed by atoms with van der Waals surface area (Å²) < 4.78 is 5.83. The molecule has 1 aromatic carbocycles. The monoisotopic (exact) mass is 366 g/mol. The van der Waals surface area contributed by atoms with Gasteiger partial charge in [0.05, 0.1) is 17.2 Å². The normalized spacial score (nSPS) is 21.7. The number of benzene rings is 1. The van der Waals surface area contributed by atoms with Crippen molar-refractivity contribution in [3.63, 3.8) is 0 Å². The van der Waals surface area contributed by atoms with Gasteiger partial charge >= 0.3 is 0 Å². The molecule has 2 aliphatic heterocycles. The molecule has 2 fully saturated rings. The molecule has 0 radical (unpaired) electrons. The van der Waals surface area contributed by atoms with Crippen molar-refractivity contribution in [2.45, 2.75) is 45.2 Å². The molecule has 0 spiro atoms. The van der Waals surface area contributed by atoms with E-state index in [4.69, 9.17) is 10.00 Å². The van der Waals surface area contributed by atoms with Crippen LogP contribution in [0.15, 0.2) is 18.2 Å². The Morgan fingerprint density at radius 2 is 1.93 bits per heavy atom. The van der Waals surface area contributed by atoms with Crippen LogP contribution in [0.5, 0.6) is 5.75 Å². The average Bonchev–Trinajstić information content (AvgIpc) is 2.88. The summed E-state index contributed by atoms with van der Waals surface area (Å²) in [4.78, 5) is 16.9. The Labute approximate surface area is 160 Å². The second-order valence-corrected chi connectivity index (χ2v) is 7.80. The molecule has 142 valence electrons. The van der Waals surface area contributed by atoms with E-state index in [-0.39, 0.29) is 5.91 Å². The molecule has 0 aromatic heterocycles. The lowest BCUT2D eigenvalue weighted by molar-refractivity contribution is -0.135. The predicted octanol–water partition coefficient (Wildman–Crippen LogP) is 2.53. The minimum absolute atomic E-state index is 0.272. The van der Waals surface area contributed by atoms with Crippen LogP contribution in [0.2, 0.25) is 0 Å². The summed E-state index contributed by atoms with van der Waals surface area (Å²) in [6.07, 6.45) is 2.87. The smallest absolute Gasteiger partial charge is 0.222 e. The SMILES string of the molecule is CC(C)CC(=O)N1CC2CCC(C1)N2CCOc1ccc(C#N)cc1C#N. The van der Waals surface area contributed by atoms with E-state index < -0.39 is 0 Å². The summed E-state index contributed by atoms with van der Waals surface area (Å²) in [5.74, 6) is 1.19. The first kappa shape index (κ1) is 19.2. The molecule has 1 aromatic rings. The predicted molar refractivity (Wildman–Crippen MR) is 101 cm³/mol. The third-order valence-electron chi connectivity index (χ3n) is 5.41. The highest BCUT2D eigenvalue weighted by Gasteiger charge is 2.40. The fourth-order valence-corrected chi connectivity index (χ4v) is 4.11. The van der Waals surface area contributed by atoms with Crippen molar-refractivity contribution < 1.29 is 9.53 Å². The summed E-state index contributed by atoms with van der Waals surface area (Å²) in [6.45, 7) is 7.06. The second-order valence-electron chi connectivity index (χ2n) is 7.80. The fraction of sp³-hybridized carbons (Fsp3) is 0.571. The summed E-state index contributed by atoms with van der Waals surface area (Å²) in [7, 11) is 0. The standard InChI is InChI=1S/C21H26N4O2/c1-15(2)9-21(26)24-13-18-4-5-19(14-24)25(18)7-8-27-20-6-3-16(11-22)10-17(20)12-23/h3,6,10,15,18-19H,4-5,7-9,13-14H2,1-2H3. The fourth-order valence-electron chi connectivity index (χ4n) is 4.11. The number of piperazine rings is 1. The molecule has 1 amide bonds. The Morgan fingerprint density at radius 3 is 2.52 bits per heavy atom. The zero-order valence-corrected chi connectivity index (χ0v) is 16.0. The van der Waals surface area contributed by atoms with Crippen LogP contribution in [-0.2, 0) is 4.79 Å².